The Balaban J connectivity index is 2.34. The number of nitrogens with one attached hydrogen (secondary N) is 1. The second kappa shape index (κ2) is 5.64. The van der Waals surface area contributed by atoms with Crippen molar-refractivity contribution in [3.8, 4) is 0 Å². The molecule has 0 saturated carbocycles. The van der Waals surface area contributed by atoms with E-state index in [1.807, 2.05) is 11.8 Å². The third-order valence-corrected chi connectivity index (χ3v) is 2.63. The van der Waals surface area contributed by atoms with Gasteiger partial charge in [0.25, 0.3) is 0 Å². The van der Waals surface area contributed by atoms with E-state index in [1.54, 1.807) is 0 Å². The zero-order chi connectivity index (χ0) is 12.2. The summed E-state index contributed by atoms with van der Waals surface area (Å²) in [6.45, 7) is 12.0. The molecular weight excluding hydrogens is 204 g/mol. The van der Waals surface area contributed by atoms with Crippen molar-refractivity contribution in [3.63, 3.8) is 0 Å². The van der Waals surface area contributed by atoms with E-state index in [4.69, 9.17) is 4.74 Å². The lowest BCUT2D eigenvalue weighted by Gasteiger charge is -2.30. The predicted octanol–water partition coefficient (Wildman–Crippen LogP) is 0.869. The van der Waals surface area contributed by atoms with Gasteiger partial charge in [-0.3, -0.25) is 4.79 Å². The van der Waals surface area contributed by atoms with Crippen molar-refractivity contribution in [2.45, 2.75) is 33.7 Å². The average molecular weight is 228 g/mol. The van der Waals surface area contributed by atoms with Crippen molar-refractivity contribution in [2.24, 2.45) is 5.41 Å². The van der Waals surface area contributed by atoms with Gasteiger partial charge in [-0.1, -0.05) is 20.8 Å². The highest BCUT2D eigenvalue weighted by molar-refractivity contribution is 5.81. The van der Waals surface area contributed by atoms with Crippen LogP contribution >= 0.6 is 0 Å². The van der Waals surface area contributed by atoms with E-state index >= 15 is 0 Å². The highest BCUT2D eigenvalue weighted by Gasteiger charge is 2.23. The molecule has 16 heavy (non-hydrogen) atoms. The number of ether oxygens (including phenoxy) is 1. The molecule has 0 bridgehead atoms. The number of carbonyl (C=O) groups excluding carboxylic acids is 1. The molecule has 0 aromatic heterocycles. The SMILES string of the molecule is CC(NCC(C)(C)C)C(=O)N1CCOCC1. The summed E-state index contributed by atoms with van der Waals surface area (Å²) in [6.07, 6.45) is 0. The van der Waals surface area contributed by atoms with Gasteiger partial charge in [0.15, 0.2) is 0 Å². The molecule has 0 aromatic carbocycles. The van der Waals surface area contributed by atoms with Gasteiger partial charge in [-0.05, 0) is 12.3 Å². The summed E-state index contributed by atoms with van der Waals surface area (Å²) in [5.41, 5.74) is 0.208. The Kier molecular flexibility index (Phi) is 4.74. The molecule has 1 N–H and O–H groups in total. The van der Waals surface area contributed by atoms with Crippen LogP contribution in [0.2, 0.25) is 0 Å². The molecule has 1 atom stereocenters. The monoisotopic (exact) mass is 228 g/mol. The first-order valence-corrected chi connectivity index (χ1v) is 6.00. The smallest absolute Gasteiger partial charge is 0.239 e. The summed E-state index contributed by atoms with van der Waals surface area (Å²) in [5.74, 6) is 0.188. The van der Waals surface area contributed by atoms with E-state index in [0.29, 0.717) is 13.2 Å². The Labute approximate surface area is 98.3 Å². The van der Waals surface area contributed by atoms with E-state index < -0.39 is 0 Å². The fourth-order valence-corrected chi connectivity index (χ4v) is 1.60. The molecule has 4 heteroatoms. The largest absolute Gasteiger partial charge is 0.378 e. The standard InChI is InChI=1S/C12H24N2O2/c1-10(13-9-12(2,3)4)11(15)14-5-7-16-8-6-14/h10,13H,5-9H2,1-4H3. The number of hydrogen-bond donors (Lipinski definition) is 1. The van der Waals surface area contributed by atoms with Crippen LogP contribution < -0.4 is 5.32 Å². The van der Waals surface area contributed by atoms with Crippen molar-refractivity contribution in [2.75, 3.05) is 32.8 Å². The number of nitrogens with zero attached hydrogens (tertiary/aromatic N) is 1. The van der Waals surface area contributed by atoms with Gasteiger partial charge in [0.2, 0.25) is 5.91 Å². The van der Waals surface area contributed by atoms with E-state index in [2.05, 4.69) is 26.1 Å². The third-order valence-electron chi connectivity index (χ3n) is 2.63. The molecule has 0 aromatic rings. The van der Waals surface area contributed by atoms with Gasteiger partial charge in [-0.25, -0.2) is 0 Å². The van der Waals surface area contributed by atoms with Crippen LogP contribution in [-0.2, 0) is 9.53 Å². The molecule has 1 rings (SSSR count). The molecule has 0 radical (unpaired) electrons. The number of carbonyl (C=O) groups is 1. The first-order chi connectivity index (χ1) is 7.40. The lowest BCUT2D eigenvalue weighted by Crippen LogP contribution is -2.50. The quantitative estimate of drug-likeness (QED) is 0.779. The third kappa shape index (κ3) is 4.49. The lowest BCUT2D eigenvalue weighted by molar-refractivity contribution is -0.137. The molecule has 0 aliphatic carbocycles. The van der Waals surface area contributed by atoms with Crippen molar-refractivity contribution >= 4 is 5.91 Å². The molecule has 1 unspecified atom stereocenters. The van der Waals surface area contributed by atoms with Crippen LogP contribution in [0.5, 0.6) is 0 Å². The first-order valence-electron chi connectivity index (χ1n) is 6.00. The van der Waals surface area contributed by atoms with E-state index in [0.717, 1.165) is 19.6 Å². The number of rotatable bonds is 3. The van der Waals surface area contributed by atoms with E-state index in [1.165, 1.54) is 0 Å². The Hall–Kier alpha value is -0.610. The Morgan fingerprint density at radius 1 is 1.38 bits per heavy atom. The van der Waals surface area contributed by atoms with Crippen LogP contribution in [0.25, 0.3) is 0 Å². The van der Waals surface area contributed by atoms with Crippen LogP contribution in [-0.4, -0.2) is 49.7 Å². The zero-order valence-electron chi connectivity index (χ0n) is 10.9. The molecule has 1 heterocycles. The van der Waals surface area contributed by atoms with Crippen LogP contribution in [0.4, 0.5) is 0 Å². The number of hydrogen-bond acceptors (Lipinski definition) is 3. The normalized spacial score (nSPS) is 19.6. The molecule has 94 valence electrons. The molecule has 1 aliphatic rings. The second-order valence-corrected chi connectivity index (χ2v) is 5.60. The van der Waals surface area contributed by atoms with Crippen molar-refractivity contribution in [1.82, 2.24) is 10.2 Å². The van der Waals surface area contributed by atoms with Gasteiger partial charge in [-0.2, -0.15) is 0 Å². The Bertz CT molecular complexity index is 230. The zero-order valence-corrected chi connectivity index (χ0v) is 10.9. The van der Waals surface area contributed by atoms with Crippen LogP contribution in [0, 0.1) is 5.41 Å². The van der Waals surface area contributed by atoms with Gasteiger partial charge in [0.1, 0.15) is 0 Å². The average Bonchev–Trinajstić information content (AvgIpc) is 2.25. The molecule has 0 spiro atoms. The highest BCUT2D eigenvalue weighted by Crippen LogP contribution is 2.11. The molecule has 1 amide bonds. The molecule has 4 nitrogen and oxygen atoms in total. The second-order valence-electron chi connectivity index (χ2n) is 5.60. The van der Waals surface area contributed by atoms with Crippen LogP contribution in [0.3, 0.4) is 0 Å². The minimum atomic E-state index is -0.0997. The predicted molar refractivity (Wildman–Crippen MR) is 64.3 cm³/mol. The minimum absolute atomic E-state index is 0.0997. The maximum absolute atomic E-state index is 12.0. The van der Waals surface area contributed by atoms with Gasteiger partial charge in [0.05, 0.1) is 19.3 Å². The fraction of sp³-hybridized carbons (Fsp3) is 0.917. The summed E-state index contributed by atoms with van der Waals surface area (Å²) in [4.78, 5) is 13.9. The summed E-state index contributed by atoms with van der Waals surface area (Å²) in [7, 11) is 0. The Morgan fingerprint density at radius 3 is 2.44 bits per heavy atom. The molecular formula is C12H24N2O2. The molecule has 1 saturated heterocycles. The van der Waals surface area contributed by atoms with Crippen LogP contribution in [0.15, 0.2) is 0 Å². The number of amides is 1. The van der Waals surface area contributed by atoms with Gasteiger partial charge in [0, 0.05) is 19.6 Å². The van der Waals surface area contributed by atoms with Crippen molar-refractivity contribution < 1.29 is 9.53 Å². The summed E-state index contributed by atoms with van der Waals surface area (Å²) in [5, 5.41) is 3.29. The van der Waals surface area contributed by atoms with Crippen molar-refractivity contribution in [3.05, 3.63) is 0 Å². The highest BCUT2D eigenvalue weighted by atomic mass is 16.5. The fourth-order valence-electron chi connectivity index (χ4n) is 1.60. The van der Waals surface area contributed by atoms with Crippen LogP contribution in [0.1, 0.15) is 27.7 Å². The minimum Gasteiger partial charge on any atom is -0.378 e. The maximum atomic E-state index is 12.0. The molecule has 1 fully saturated rings. The lowest BCUT2D eigenvalue weighted by atomic mass is 9.96. The number of morpholine rings is 1. The summed E-state index contributed by atoms with van der Waals surface area (Å²) >= 11 is 0. The Morgan fingerprint density at radius 2 is 1.94 bits per heavy atom. The summed E-state index contributed by atoms with van der Waals surface area (Å²) in [6, 6.07) is -0.0997. The van der Waals surface area contributed by atoms with Crippen molar-refractivity contribution in [1.29, 1.82) is 0 Å². The van der Waals surface area contributed by atoms with E-state index in [-0.39, 0.29) is 17.4 Å². The van der Waals surface area contributed by atoms with Gasteiger partial charge in [-0.15, -0.1) is 0 Å². The van der Waals surface area contributed by atoms with Gasteiger partial charge < -0.3 is 15.0 Å². The first kappa shape index (κ1) is 13.5. The molecule has 1 aliphatic heterocycles. The summed E-state index contributed by atoms with van der Waals surface area (Å²) < 4.78 is 5.23. The van der Waals surface area contributed by atoms with E-state index in [9.17, 15) is 4.79 Å². The topological polar surface area (TPSA) is 41.6 Å². The van der Waals surface area contributed by atoms with Gasteiger partial charge >= 0.3 is 0 Å². The maximum Gasteiger partial charge on any atom is 0.239 e.